The number of likely N-dealkylation sites (tertiary alicyclic amines) is 1. The Balaban J connectivity index is 1.91. The number of hydrogen-bond donors (Lipinski definition) is 1. The molecule has 2 unspecified atom stereocenters. The van der Waals surface area contributed by atoms with Crippen LogP contribution in [0.1, 0.15) is 32.1 Å². The molecule has 6 heteroatoms. The predicted octanol–water partition coefficient (Wildman–Crippen LogP) is 0.158. The molecule has 2 atom stereocenters. The van der Waals surface area contributed by atoms with Crippen LogP contribution in [0.25, 0.3) is 0 Å². The molecule has 2 aliphatic heterocycles. The van der Waals surface area contributed by atoms with Gasteiger partial charge in [-0.2, -0.15) is 0 Å². The number of amides is 2. The van der Waals surface area contributed by atoms with Gasteiger partial charge in [0.15, 0.2) is 6.10 Å². The van der Waals surface area contributed by atoms with Crippen molar-refractivity contribution in [3.8, 4) is 0 Å². The second kappa shape index (κ2) is 4.83. The molecule has 0 aromatic carbocycles. The lowest BCUT2D eigenvalue weighted by Crippen LogP contribution is -2.44. The van der Waals surface area contributed by atoms with E-state index in [0.29, 0.717) is 32.1 Å². The number of imide groups is 1. The number of nitrogens with zero attached hydrogens (tertiary/aromatic N) is 1. The van der Waals surface area contributed by atoms with E-state index in [9.17, 15) is 14.4 Å². The molecule has 17 heavy (non-hydrogen) atoms. The van der Waals surface area contributed by atoms with E-state index in [4.69, 9.17) is 9.84 Å². The molecule has 0 spiro atoms. The van der Waals surface area contributed by atoms with Crippen molar-refractivity contribution in [3.63, 3.8) is 0 Å². The molecule has 0 aromatic rings. The van der Waals surface area contributed by atoms with E-state index in [0.717, 1.165) is 0 Å². The van der Waals surface area contributed by atoms with Gasteiger partial charge in [-0.3, -0.25) is 14.5 Å². The first-order valence-electron chi connectivity index (χ1n) is 5.79. The van der Waals surface area contributed by atoms with E-state index < -0.39 is 12.1 Å². The summed E-state index contributed by atoms with van der Waals surface area (Å²) in [6.45, 7) is 0.196. The van der Waals surface area contributed by atoms with Crippen molar-refractivity contribution in [2.45, 2.75) is 44.3 Å². The van der Waals surface area contributed by atoms with Crippen LogP contribution in [0.4, 0.5) is 0 Å². The normalized spacial score (nSPS) is 29.8. The average molecular weight is 241 g/mol. The van der Waals surface area contributed by atoms with Crippen LogP contribution in [0.5, 0.6) is 0 Å². The van der Waals surface area contributed by atoms with Gasteiger partial charge in [-0.05, 0) is 19.3 Å². The van der Waals surface area contributed by atoms with Gasteiger partial charge < -0.3 is 9.84 Å². The topological polar surface area (TPSA) is 83.9 Å². The third-order valence-electron chi connectivity index (χ3n) is 3.15. The molecule has 2 amide bonds. The number of piperidine rings is 1. The lowest BCUT2D eigenvalue weighted by Gasteiger charge is -2.27. The fraction of sp³-hybridized carbons (Fsp3) is 0.727. The van der Waals surface area contributed by atoms with Crippen molar-refractivity contribution < 1.29 is 24.2 Å². The van der Waals surface area contributed by atoms with Gasteiger partial charge in [0.1, 0.15) is 0 Å². The standard InChI is InChI=1S/C11H15NO5/c13-9-2-1-3-10(14)12(9)6-7-4-5-8(17-7)11(15)16/h7-8H,1-6H2,(H,15,16). The largest absolute Gasteiger partial charge is 0.479 e. The first-order valence-corrected chi connectivity index (χ1v) is 5.79. The fourth-order valence-corrected chi connectivity index (χ4v) is 2.23. The quantitative estimate of drug-likeness (QED) is 0.711. The average Bonchev–Trinajstić information content (AvgIpc) is 2.72. The third-order valence-corrected chi connectivity index (χ3v) is 3.15. The van der Waals surface area contributed by atoms with Crippen molar-refractivity contribution in [2.24, 2.45) is 0 Å². The molecule has 2 heterocycles. The van der Waals surface area contributed by atoms with E-state index >= 15 is 0 Å². The molecule has 0 saturated carbocycles. The minimum atomic E-state index is -0.983. The molecule has 2 fully saturated rings. The Kier molecular flexibility index (Phi) is 3.42. The Labute approximate surface area is 98.5 Å². The Morgan fingerprint density at radius 2 is 1.94 bits per heavy atom. The molecule has 6 nitrogen and oxygen atoms in total. The summed E-state index contributed by atoms with van der Waals surface area (Å²) in [5.41, 5.74) is 0. The van der Waals surface area contributed by atoms with Crippen LogP contribution in [-0.2, 0) is 19.1 Å². The number of rotatable bonds is 3. The maximum Gasteiger partial charge on any atom is 0.332 e. The highest BCUT2D eigenvalue weighted by molar-refractivity contribution is 5.97. The summed E-state index contributed by atoms with van der Waals surface area (Å²) >= 11 is 0. The molecule has 0 aliphatic carbocycles. The zero-order valence-corrected chi connectivity index (χ0v) is 9.42. The zero-order chi connectivity index (χ0) is 12.4. The van der Waals surface area contributed by atoms with Gasteiger partial charge in [-0.25, -0.2) is 4.79 Å². The second-order valence-electron chi connectivity index (χ2n) is 4.41. The molecule has 2 aliphatic rings. The molecule has 0 radical (unpaired) electrons. The summed E-state index contributed by atoms with van der Waals surface area (Å²) in [6, 6.07) is 0. The highest BCUT2D eigenvalue weighted by Gasteiger charge is 2.35. The minimum Gasteiger partial charge on any atom is -0.479 e. The van der Waals surface area contributed by atoms with Gasteiger partial charge in [0.2, 0.25) is 11.8 Å². The van der Waals surface area contributed by atoms with E-state index in [2.05, 4.69) is 0 Å². The number of carboxylic acids is 1. The maximum atomic E-state index is 11.5. The molecule has 0 aromatic heterocycles. The highest BCUT2D eigenvalue weighted by atomic mass is 16.5. The SMILES string of the molecule is O=C(O)C1CCC(CN2C(=O)CCCC2=O)O1. The summed E-state index contributed by atoms with van der Waals surface area (Å²) in [6.07, 6.45) is 1.28. The summed E-state index contributed by atoms with van der Waals surface area (Å²) in [5, 5.41) is 8.77. The van der Waals surface area contributed by atoms with E-state index in [1.54, 1.807) is 0 Å². The van der Waals surface area contributed by atoms with Crippen LogP contribution in [0.2, 0.25) is 0 Å². The van der Waals surface area contributed by atoms with Crippen molar-refractivity contribution in [2.75, 3.05) is 6.54 Å². The Bertz CT molecular complexity index is 338. The number of ether oxygens (including phenoxy) is 1. The molecule has 1 N–H and O–H groups in total. The Morgan fingerprint density at radius 3 is 2.47 bits per heavy atom. The summed E-state index contributed by atoms with van der Waals surface area (Å²) < 4.78 is 5.28. The van der Waals surface area contributed by atoms with Crippen LogP contribution in [0, 0.1) is 0 Å². The second-order valence-corrected chi connectivity index (χ2v) is 4.41. The van der Waals surface area contributed by atoms with Crippen LogP contribution < -0.4 is 0 Å². The summed E-state index contributed by atoms with van der Waals surface area (Å²) in [5.74, 6) is -1.34. The van der Waals surface area contributed by atoms with Crippen molar-refractivity contribution in [1.82, 2.24) is 4.90 Å². The van der Waals surface area contributed by atoms with E-state index in [1.165, 1.54) is 4.90 Å². The lowest BCUT2D eigenvalue weighted by atomic mass is 10.1. The Hall–Kier alpha value is -1.43. The van der Waals surface area contributed by atoms with Gasteiger partial charge in [-0.15, -0.1) is 0 Å². The number of aliphatic carboxylic acids is 1. The lowest BCUT2D eigenvalue weighted by molar-refractivity contribution is -0.153. The van der Waals surface area contributed by atoms with Gasteiger partial charge >= 0.3 is 5.97 Å². The molecule has 0 bridgehead atoms. The van der Waals surface area contributed by atoms with Gasteiger partial charge in [-0.1, -0.05) is 0 Å². The molecule has 2 saturated heterocycles. The van der Waals surface area contributed by atoms with Crippen molar-refractivity contribution >= 4 is 17.8 Å². The first-order chi connectivity index (χ1) is 8.08. The number of carboxylic acid groups (broad SMARTS) is 1. The van der Waals surface area contributed by atoms with E-state index in [-0.39, 0.29) is 24.5 Å². The number of hydrogen-bond acceptors (Lipinski definition) is 4. The van der Waals surface area contributed by atoms with Crippen LogP contribution in [0.15, 0.2) is 0 Å². The molecule has 2 rings (SSSR count). The predicted molar refractivity (Wildman–Crippen MR) is 56.1 cm³/mol. The maximum absolute atomic E-state index is 11.5. The molecule has 94 valence electrons. The first kappa shape index (κ1) is 12.0. The summed E-state index contributed by atoms with van der Waals surface area (Å²) in [7, 11) is 0. The monoisotopic (exact) mass is 241 g/mol. The van der Waals surface area contributed by atoms with Crippen LogP contribution >= 0.6 is 0 Å². The number of carbonyl (C=O) groups is 3. The van der Waals surface area contributed by atoms with Crippen molar-refractivity contribution in [1.29, 1.82) is 0 Å². The molecular weight excluding hydrogens is 226 g/mol. The summed E-state index contributed by atoms with van der Waals surface area (Å²) in [4.78, 5) is 35.0. The van der Waals surface area contributed by atoms with Crippen molar-refractivity contribution in [3.05, 3.63) is 0 Å². The van der Waals surface area contributed by atoms with Gasteiger partial charge in [0.25, 0.3) is 0 Å². The van der Waals surface area contributed by atoms with Crippen LogP contribution in [-0.4, -0.2) is 46.5 Å². The number of carbonyl (C=O) groups excluding carboxylic acids is 2. The zero-order valence-electron chi connectivity index (χ0n) is 9.42. The van der Waals surface area contributed by atoms with Gasteiger partial charge in [0.05, 0.1) is 12.6 Å². The minimum absolute atomic E-state index is 0.177. The highest BCUT2D eigenvalue weighted by Crippen LogP contribution is 2.22. The smallest absolute Gasteiger partial charge is 0.332 e. The Morgan fingerprint density at radius 1 is 1.29 bits per heavy atom. The fourth-order valence-electron chi connectivity index (χ4n) is 2.23. The third kappa shape index (κ3) is 2.63. The van der Waals surface area contributed by atoms with Gasteiger partial charge in [0, 0.05) is 12.8 Å². The van der Waals surface area contributed by atoms with Crippen LogP contribution in [0.3, 0.4) is 0 Å². The van der Waals surface area contributed by atoms with E-state index in [1.807, 2.05) is 0 Å². The molecular formula is C11H15NO5.